The van der Waals surface area contributed by atoms with Crippen LogP contribution in [0.3, 0.4) is 0 Å². The second kappa shape index (κ2) is 7.81. The number of rotatable bonds is 7. The lowest BCUT2D eigenvalue weighted by molar-refractivity contribution is 0.194. The maximum atomic E-state index is 5.05. The molecule has 0 atom stereocenters. The van der Waals surface area contributed by atoms with Crippen LogP contribution >= 0.6 is 22.6 Å². The number of anilines is 1. The summed E-state index contributed by atoms with van der Waals surface area (Å²) in [6.45, 7) is 5.84. The van der Waals surface area contributed by atoms with Crippen LogP contribution in [-0.2, 0) is 17.6 Å². The van der Waals surface area contributed by atoms with Gasteiger partial charge in [0.1, 0.15) is 11.6 Å². The highest BCUT2D eigenvalue weighted by Crippen LogP contribution is 2.20. The average molecular weight is 349 g/mol. The number of hydrogen-bond acceptors (Lipinski definition) is 4. The molecule has 0 fully saturated rings. The molecule has 0 spiro atoms. The summed E-state index contributed by atoms with van der Waals surface area (Å²) >= 11 is 2.31. The Bertz CT molecular complexity index is 358. The van der Waals surface area contributed by atoms with Gasteiger partial charge in [-0.15, -0.1) is 0 Å². The zero-order chi connectivity index (χ0) is 12.7. The lowest BCUT2D eigenvalue weighted by Crippen LogP contribution is -2.10. The molecular formula is C12H20IN3O. The van der Waals surface area contributed by atoms with E-state index in [-0.39, 0.29) is 0 Å². The van der Waals surface area contributed by atoms with Crippen molar-refractivity contribution in [2.24, 2.45) is 0 Å². The molecule has 0 saturated carbocycles. The van der Waals surface area contributed by atoms with E-state index in [1.807, 2.05) is 0 Å². The molecule has 0 unspecified atom stereocenters. The van der Waals surface area contributed by atoms with Crippen LogP contribution < -0.4 is 5.32 Å². The highest BCUT2D eigenvalue weighted by Gasteiger charge is 2.10. The Kier molecular flexibility index (Phi) is 6.72. The van der Waals surface area contributed by atoms with Gasteiger partial charge in [-0.05, 0) is 42.4 Å². The monoisotopic (exact) mass is 349 g/mol. The first-order valence-electron chi connectivity index (χ1n) is 6.01. The first kappa shape index (κ1) is 14.6. The van der Waals surface area contributed by atoms with Gasteiger partial charge >= 0.3 is 0 Å². The molecule has 96 valence electrons. The van der Waals surface area contributed by atoms with Crippen LogP contribution in [0.25, 0.3) is 0 Å². The Morgan fingerprint density at radius 3 is 2.65 bits per heavy atom. The number of methoxy groups -OCH3 is 1. The first-order chi connectivity index (χ1) is 8.22. The summed E-state index contributed by atoms with van der Waals surface area (Å²) in [5.41, 5.74) is 1.13. The third-order valence-electron chi connectivity index (χ3n) is 2.39. The van der Waals surface area contributed by atoms with Crippen molar-refractivity contribution in [3.63, 3.8) is 0 Å². The first-order valence-corrected chi connectivity index (χ1v) is 7.08. The molecule has 17 heavy (non-hydrogen) atoms. The van der Waals surface area contributed by atoms with Gasteiger partial charge in [0, 0.05) is 26.7 Å². The molecule has 0 aliphatic rings. The number of nitrogens with zero attached hydrogens (tertiary/aromatic N) is 2. The van der Waals surface area contributed by atoms with Crippen molar-refractivity contribution in [1.29, 1.82) is 0 Å². The van der Waals surface area contributed by atoms with Crippen molar-refractivity contribution in [3.05, 3.63) is 15.1 Å². The lowest BCUT2D eigenvalue weighted by atomic mass is 10.2. The lowest BCUT2D eigenvalue weighted by Gasteiger charge is -2.11. The minimum atomic E-state index is 0.757. The molecule has 0 aliphatic carbocycles. The maximum absolute atomic E-state index is 5.05. The molecule has 0 saturated heterocycles. The van der Waals surface area contributed by atoms with Gasteiger partial charge in [-0.2, -0.15) is 0 Å². The van der Waals surface area contributed by atoms with E-state index in [1.54, 1.807) is 7.11 Å². The predicted octanol–water partition coefficient (Wildman–Crippen LogP) is 2.65. The minimum Gasteiger partial charge on any atom is -0.385 e. The largest absolute Gasteiger partial charge is 0.385 e. The molecule has 1 N–H and O–H groups in total. The summed E-state index contributed by atoms with van der Waals surface area (Å²) in [6, 6.07) is 0. The summed E-state index contributed by atoms with van der Waals surface area (Å²) in [5, 5.41) is 3.29. The van der Waals surface area contributed by atoms with E-state index in [0.29, 0.717) is 0 Å². The van der Waals surface area contributed by atoms with E-state index < -0.39 is 0 Å². The highest BCUT2D eigenvalue weighted by molar-refractivity contribution is 14.1. The summed E-state index contributed by atoms with van der Waals surface area (Å²) in [6.07, 6.45) is 2.78. The molecule has 1 aromatic rings. The topological polar surface area (TPSA) is 47.0 Å². The van der Waals surface area contributed by atoms with Crippen LogP contribution in [0.15, 0.2) is 0 Å². The van der Waals surface area contributed by atoms with E-state index in [2.05, 4.69) is 51.7 Å². The van der Waals surface area contributed by atoms with E-state index in [0.717, 1.165) is 53.3 Å². The standard InChI is InChI=1S/C12H20IN3O/c1-4-9-11(13)12(14-5-2)16-10(15-9)7-6-8-17-3/h4-8H2,1-3H3,(H,14,15,16). The van der Waals surface area contributed by atoms with Gasteiger partial charge < -0.3 is 10.1 Å². The Labute approximate surface area is 117 Å². The van der Waals surface area contributed by atoms with E-state index in [4.69, 9.17) is 4.74 Å². The predicted molar refractivity (Wildman–Crippen MR) is 78.5 cm³/mol. The summed E-state index contributed by atoms with van der Waals surface area (Å²) in [7, 11) is 1.72. The molecule has 1 aromatic heterocycles. The van der Waals surface area contributed by atoms with Crippen LogP contribution in [-0.4, -0.2) is 30.2 Å². The summed E-state index contributed by atoms with van der Waals surface area (Å²) in [5.74, 6) is 1.88. The molecular weight excluding hydrogens is 329 g/mol. The summed E-state index contributed by atoms with van der Waals surface area (Å²) < 4.78 is 6.19. The fourth-order valence-corrected chi connectivity index (χ4v) is 2.36. The van der Waals surface area contributed by atoms with E-state index in [1.165, 1.54) is 0 Å². The molecule has 0 aromatic carbocycles. The Morgan fingerprint density at radius 2 is 2.06 bits per heavy atom. The number of aromatic nitrogens is 2. The maximum Gasteiger partial charge on any atom is 0.143 e. The molecule has 0 radical (unpaired) electrons. The molecule has 1 rings (SSSR count). The van der Waals surface area contributed by atoms with Gasteiger partial charge in [0.15, 0.2) is 0 Å². The number of ether oxygens (including phenoxy) is 1. The number of aryl methyl sites for hydroxylation is 2. The van der Waals surface area contributed by atoms with Crippen LogP contribution in [0.5, 0.6) is 0 Å². The number of hydrogen-bond donors (Lipinski definition) is 1. The highest BCUT2D eigenvalue weighted by atomic mass is 127. The van der Waals surface area contributed by atoms with Crippen LogP contribution in [0, 0.1) is 3.57 Å². The fraction of sp³-hybridized carbons (Fsp3) is 0.667. The number of nitrogens with one attached hydrogen (secondary N) is 1. The third kappa shape index (κ3) is 4.39. The molecule has 0 aliphatic heterocycles. The Morgan fingerprint density at radius 1 is 1.29 bits per heavy atom. The molecule has 5 heteroatoms. The van der Waals surface area contributed by atoms with Gasteiger partial charge in [-0.1, -0.05) is 6.92 Å². The molecule has 4 nitrogen and oxygen atoms in total. The molecule has 0 amide bonds. The van der Waals surface area contributed by atoms with Crippen molar-refractivity contribution in [3.8, 4) is 0 Å². The third-order valence-corrected chi connectivity index (χ3v) is 3.53. The SMILES string of the molecule is CCNc1nc(CCCOC)nc(CC)c1I. The van der Waals surface area contributed by atoms with Crippen molar-refractivity contribution < 1.29 is 4.74 Å². The van der Waals surface area contributed by atoms with Crippen LogP contribution in [0.2, 0.25) is 0 Å². The van der Waals surface area contributed by atoms with Gasteiger partial charge in [-0.3, -0.25) is 0 Å². The van der Waals surface area contributed by atoms with Gasteiger partial charge in [0.2, 0.25) is 0 Å². The zero-order valence-corrected chi connectivity index (χ0v) is 12.9. The van der Waals surface area contributed by atoms with Crippen LogP contribution in [0.1, 0.15) is 31.8 Å². The van der Waals surface area contributed by atoms with Crippen molar-refractivity contribution in [1.82, 2.24) is 9.97 Å². The normalized spacial score (nSPS) is 10.6. The second-order valence-electron chi connectivity index (χ2n) is 3.73. The van der Waals surface area contributed by atoms with Crippen molar-refractivity contribution in [2.45, 2.75) is 33.1 Å². The van der Waals surface area contributed by atoms with Crippen molar-refractivity contribution >= 4 is 28.4 Å². The quantitative estimate of drug-likeness (QED) is 0.607. The van der Waals surface area contributed by atoms with Gasteiger partial charge in [0.25, 0.3) is 0 Å². The van der Waals surface area contributed by atoms with Gasteiger partial charge in [0.05, 0.1) is 9.26 Å². The Balaban J connectivity index is 2.86. The fourth-order valence-electron chi connectivity index (χ4n) is 1.55. The number of halogens is 1. The molecule has 1 heterocycles. The van der Waals surface area contributed by atoms with Gasteiger partial charge in [-0.25, -0.2) is 9.97 Å². The Hall–Kier alpha value is -0.430. The van der Waals surface area contributed by atoms with E-state index >= 15 is 0 Å². The molecule has 0 bridgehead atoms. The second-order valence-corrected chi connectivity index (χ2v) is 4.81. The smallest absolute Gasteiger partial charge is 0.143 e. The van der Waals surface area contributed by atoms with Crippen LogP contribution in [0.4, 0.5) is 5.82 Å². The average Bonchev–Trinajstić information content (AvgIpc) is 2.33. The minimum absolute atomic E-state index is 0.757. The van der Waals surface area contributed by atoms with E-state index in [9.17, 15) is 0 Å². The van der Waals surface area contributed by atoms with Crippen molar-refractivity contribution in [2.75, 3.05) is 25.6 Å². The summed E-state index contributed by atoms with van der Waals surface area (Å²) in [4.78, 5) is 9.15. The zero-order valence-electron chi connectivity index (χ0n) is 10.7.